The average Bonchev–Trinajstić information content (AvgIpc) is 2.62. The molecule has 0 saturated carbocycles. The first-order valence-electron chi connectivity index (χ1n) is 5.85. The van der Waals surface area contributed by atoms with Crippen LogP contribution >= 0.6 is 0 Å². The van der Waals surface area contributed by atoms with E-state index in [0.717, 1.165) is 31.0 Å². The van der Waals surface area contributed by atoms with Crippen molar-refractivity contribution in [3.63, 3.8) is 0 Å². The predicted octanol–water partition coefficient (Wildman–Crippen LogP) is 1.57. The monoisotopic (exact) mass is 229 g/mol. The van der Waals surface area contributed by atoms with Gasteiger partial charge >= 0.3 is 0 Å². The molecule has 1 aliphatic rings. The fourth-order valence-corrected chi connectivity index (χ4v) is 2.35. The molecule has 0 fully saturated rings. The van der Waals surface area contributed by atoms with Crippen molar-refractivity contribution in [2.24, 2.45) is 0 Å². The van der Waals surface area contributed by atoms with Gasteiger partial charge in [-0.2, -0.15) is 0 Å². The molecule has 88 valence electrons. The highest BCUT2D eigenvalue weighted by Gasteiger charge is 2.17. The van der Waals surface area contributed by atoms with Crippen LogP contribution in [0.3, 0.4) is 0 Å². The van der Waals surface area contributed by atoms with Gasteiger partial charge in [0.05, 0.1) is 6.54 Å². The Morgan fingerprint density at radius 3 is 2.82 bits per heavy atom. The minimum absolute atomic E-state index is 0.523. The third kappa shape index (κ3) is 1.85. The van der Waals surface area contributed by atoms with Crippen LogP contribution in [0.25, 0.3) is 0 Å². The summed E-state index contributed by atoms with van der Waals surface area (Å²) in [6.45, 7) is 1.38. The van der Waals surface area contributed by atoms with Gasteiger partial charge in [0.15, 0.2) is 5.82 Å². The number of methoxy groups -OCH3 is 1. The molecule has 1 aromatic heterocycles. The van der Waals surface area contributed by atoms with E-state index in [1.54, 1.807) is 7.11 Å². The Hall–Kier alpha value is -1.68. The van der Waals surface area contributed by atoms with Gasteiger partial charge in [0.25, 0.3) is 0 Å². The maximum absolute atomic E-state index is 5.16. The summed E-state index contributed by atoms with van der Waals surface area (Å²) in [5.41, 5.74) is 2.78. The lowest BCUT2D eigenvalue weighted by molar-refractivity contribution is 0.174. The number of benzene rings is 1. The van der Waals surface area contributed by atoms with Crippen molar-refractivity contribution in [1.82, 2.24) is 14.8 Å². The van der Waals surface area contributed by atoms with Crippen LogP contribution in [-0.2, 0) is 30.7 Å². The van der Waals surface area contributed by atoms with Crippen molar-refractivity contribution >= 4 is 0 Å². The first-order valence-corrected chi connectivity index (χ1v) is 5.85. The fraction of sp³-hybridized carbons (Fsp3) is 0.385. The summed E-state index contributed by atoms with van der Waals surface area (Å²) in [6.07, 6.45) is 2.00. The third-order valence-corrected chi connectivity index (χ3v) is 3.24. The van der Waals surface area contributed by atoms with E-state index in [1.165, 1.54) is 11.1 Å². The van der Waals surface area contributed by atoms with Gasteiger partial charge in [-0.15, -0.1) is 10.2 Å². The van der Waals surface area contributed by atoms with Crippen molar-refractivity contribution in [3.8, 4) is 0 Å². The Morgan fingerprint density at radius 2 is 2.00 bits per heavy atom. The SMILES string of the molecule is COCc1nnc2n1Cc1ccccc1CC2. The largest absolute Gasteiger partial charge is 0.377 e. The second-order valence-corrected chi connectivity index (χ2v) is 4.32. The van der Waals surface area contributed by atoms with Crippen molar-refractivity contribution in [2.75, 3.05) is 7.11 Å². The standard InChI is InChI=1S/C13H15N3O/c1-17-9-13-15-14-12-7-6-10-4-2-3-5-11(10)8-16(12)13/h2-5H,6-9H2,1H3. The van der Waals surface area contributed by atoms with Crippen LogP contribution in [0.4, 0.5) is 0 Å². The lowest BCUT2D eigenvalue weighted by Crippen LogP contribution is -2.08. The van der Waals surface area contributed by atoms with Crippen molar-refractivity contribution in [3.05, 3.63) is 47.0 Å². The third-order valence-electron chi connectivity index (χ3n) is 3.24. The van der Waals surface area contributed by atoms with Gasteiger partial charge in [-0.05, 0) is 17.5 Å². The molecule has 17 heavy (non-hydrogen) atoms. The summed E-state index contributed by atoms with van der Waals surface area (Å²) in [5.74, 6) is 1.98. The zero-order valence-corrected chi connectivity index (χ0v) is 9.89. The van der Waals surface area contributed by atoms with Gasteiger partial charge < -0.3 is 9.30 Å². The summed E-state index contributed by atoms with van der Waals surface area (Å²) in [7, 11) is 1.69. The van der Waals surface area contributed by atoms with Crippen LogP contribution in [0, 0.1) is 0 Å². The number of ether oxygens (including phenoxy) is 1. The van der Waals surface area contributed by atoms with E-state index in [2.05, 4.69) is 39.0 Å². The molecule has 0 unspecified atom stereocenters. The van der Waals surface area contributed by atoms with Gasteiger partial charge in [-0.3, -0.25) is 0 Å². The van der Waals surface area contributed by atoms with Gasteiger partial charge in [0.1, 0.15) is 12.4 Å². The number of hydrogen-bond acceptors (Lipinski definition) is 3. The first kappa shape index (κ1) is 10.5. The van der Waals surface area contributed by atoms with Crippen molar-refractivity contribution < 1.29 is 4.74 Å². The topological polar surface area (TPSA) is 39.9 Å². The molecule has 1 aliphatic heterocycles. The number of nitrogens with zero attached hydrogens (tertiary/aromatic N) is 3. The summed E-state index contributed by atoms with van der Waals surface area (Å²) in [6, 6.07) is 8.57. The summed E-state index contributed by atoms with van der Waals surface area (Å²) >= 11 is 0. The minimum Gasteiger partial charge on any atom is -0.377 e. The van der Waals surface area contributed by atoms with Gasteiger partial charge in [-0.1, -0.05) is 24.3 Å². The van der Waals surface area contributed by atoms with E-state index in [-0.39, 0.29) is 0 Å². The van der Waals surface area contributed by atoms with Crippen molar-refractivity contribution in [2.45, 2.75) is 26.0 Å². The molecule has 4 nitrogen and oxygen atoms in total. The molecule has 0 saturated heterocycles. The molecule has 0 atom stereocenters. The van der Waals surface area contributed by atoms with E-state index >= 15 is 0 Å². The molecule has 0 N–H and O–H groups in total. The Kier molecular flexibility index (Phi) is 2.65. The lowest BCUT2D eigenvalue weighted by Gasteiger charge is -2.08. The molecule has 1 aromatic carbocycles. The normalized spacial score (nSPS) is 13.9. The number of hydrogen-bond donors (Lipinski definition) is 0. The highest BCUT2D eigenvalue weighted by atomic mass is 16.5. The second-order valence-electron chi connectivity index (χ2n) is 4.32. The molecule has 0 spiro atoms. The zero-order chi connectivity index (χ0) is 11.7. The van der Waals surface area contributed by atoms with Crippen LogP contribution in [0.5, 0.6) is 0 Å². The maximum Gasteiger partial charge on any atom is 0.159 e. The van der Waals surface area contributed by atoms with Gasteiger partial charge in [-0.25, -0.2) is 0 Å². The molecule has 2 heterocycles. The van der Waals surface area contributed by atoms with Crippen LogP contribution in [0.2, 0.25) is 0 Å². The molecular weight excluding hydrogens is 214 g/mol. The van der Waals surface area contributed by atoms with Gasteiger partial charge in [0.2, 0.25) is 0 Å². The maximum atomic E-state index is 5.16. The summed E-state index contributed by atoms with van der Waals surface area (Å²) in [5, 5.41) is 8.44. The predicted molar refractivity (Wildman–Crippen MR) is 63.7 cm³/mol. The Balaban J connectivity index is 2.02. The quantitative estimate of drug-likeness (QED) is 0.784. The molecule has 0 aliphatic carbocycles. The van der Waals surface area contributed by atoms with E-state index in [4.69, 9.17) is 4.74 Å². The second kappa shape index (κ2) is 4.30. The molecule has 0 radical (unpaired) electrons. The highest BCUT2D eigenvalue weighted by Crippen LogP contribution is 2.19. The van der Waals surface area contributed by atoms with E-state index in [1.807, 2.05) is 0 Å². The molecule has 2 aromatic rings. The minimum atomic E-state index is 0.523. The van der Waals surface area contributed by atoms with Crippen LogP contribution in [0.15, 0.2) is 24.3 Å². The van der Waals surface area contributed by atoms with Crippen LogP contribution < -0.4 is 0 Å². The van der Waals surface area contributed by atoms with Crippen LogP contribution in [0.1, 0.15) is 22.8 Å². The zero-order valence-electron chi connectivity index (χ0n) is 9.89. The molecule has 0 bridgehead atoms. The fourth-order valence-electron chi connectivity index (χ4n) is 2.35. The summed E-state index contributed by atoms with van der Waals surface area (Å²) in [4.78, 5) is 0. The van der Waals surface area contributed by atoms with E-state index in [9.17, 15) is 0 Å². The number of aryl methyl sites for hydroxylation is 2. The number of fused-ring (bicyclic) bond motifs is 2. The molecular formula is C13H15N3O. The lowest BCUT2D eigenvalue weighted by atomic mass is 10.0. The van der Waals surface area contributed by atoms with E-state index in [0.29, 0.717) is 6.61 Å². The molecule has 4 heteroatoms. The van der Waals surface area contributed by atoms with Crippen molar-refractivity contribution in [1.29, 1.82) is 0 Å². The smallest absolute Gasteiger partial charge is 0.159 e. The Bertz CT molecular complexity index is 533. The first-order chi connectivity index (χ1) is 8.38. The number of aromatic nitrogens is 3. The van der Waals surface area contributed by atoms with Crippen LogP contribution in [-0.4, -0.2) is 21.9 Å². The molecule has 3 rings (SSSR count). The molecule has 0 amide bonds. The number of rotatable bonds is 2. The highest BCUT2D eigenvalue weighted by molar-refractivity contribution is 5.30. The average molecular weight is 229 g/mol. The Morgan fingerprint density at radius 1 is 1.18 bits per heavy atom. The van der Waals surface area contributed by atoms with E-state index < -0.39 is 0 Å². The Labute approximate surface area is 100 Å². The summed E-state index contributed by atoms with van der Waals surface area (Å²) < 4.78 is 7.33. The van der Waals surface area contributed by atoms with Gasteiger partial charge in [0, 0.05) is 13.5 Å².